The molecule has 1 N–H and O–H groups in total. The number of fused-ring (bicyclic) bond motifs is 2. The number of aromatic nitrogens is 5. The van der Waals surface area contributed by atoms with Crippen molar-refractivity contribution in [3.05, 3.63) is 55.2 Å². The summed E-state index contributed by atoms with van der Waals surface area (Å²) >= 11 is 0. The highest BCUT2D eigenvalue weighted by atomic mass is 16.3. The molecular formula is C20H21N5O3. The van der Waals surface area contributed by atoms with E-state index in [-0.39, 0.29) is 11.3 Å². The number of hydrogen-bond acceptors (Lipinski definition) is 5. The minimum Gasteiger partial charge on any atom is -0.505 e. The molecule has 0 atom stereocenters. The number of rotatable bonds is 1. The van der Waals surface area contributed by atoms with Gasteiger partial charge < -0.3 is 5.11 Å². The summed E-state index contributed by atoms with van der Waals surface area (Å²) in [5, 5.41) is 20.1. The minimum absolute atomic E-state index is 0.133. The van der Waals surface area contributed by atoms with Gasteiger partial charge >= 0.3 is 5.69 Å². The van der Waals surface area contributed by atoms with Crippen molar-refractivity contribution in [1.29, 1.82) is 0 Å². The van der Waals surface area contributed by atoms with Gasteiger partial charge in [-0.2, -0.15) is 0 Å². The SMILES string of the molecule is Cc1c(C)c(C)c(-n2nc3cc4c(=O)n(C)c(=O)n(C)c4cc3n2)c(O)c1C. The van der Waals surface area contributed by atoms with Crippen molar-refractivity contribution in [2.45, 2.75) is 27.7 Å². The molecule has 2 heterocycles. The largest absolute Gasteiger partial charge is 0.505 e. The second kappa shape index (κ2) is 5.79. The molecule has 8 nitrogen and oxygen atoms in total. The van der Waals surface area contributed by atoms with E-state index in [9.17, 15) is 14.7 Å². The van der Waals surface area contributed by atoms with Crippen LogP contribution in [0.4, 0.5) is 0 Å². The fraction of sp³-hybridized carbons (Fsp3) is 0.300. The van der Waals surface area contributed by atoms with E-state index in [1.165, 1.54) is 16.4 Å². The van der Waals surface area contributed by atoms with Gasteiger partial charge in [0.15, 0.2) is 0 Å². The second-order valence-corrected chi connectivity index (χ2v) is 7.25. The minimum atomic E-state index is -0.400. The van der Waals surface area contributed by atoms with Gasteiger partial charge in [0.05, 0.1) is 10.9 Å². The summed E-state index contributed by atoms with van der Waals surface area (Å²) in [6.45, 7) is 7.74. The predicted octanol–water partition coefficient (Wildman–Crippen LogP) is 1.91. The zero-order chi connectivity index (χ0) is 20.5. The molecule has 0 bridgehead atoms. The maximum Gasteiger partial charge on any atom is 0.330 e. The van der Waals surface area contributed by atoms with Gasteiger partial charge in [0.2, 0.25) is 0 Å². The number of nitrogens with zero attached hydrogens (tertiary/aromatic N) is 5. The Labute approximate surface area is 160 Å². The van der Waals surface area contributed by atoms with Crippen LogP contribution in [0.3, 0.4) is 0 Å². The van der Waals surface area contributed by atoms with Gasteiger partial charge in [-0.05, 0) is 62.1 Å². The van der Waals surface area contributed by atoms with E-state index in [1.807, 2.05) is 27.7 Å². The van der Waals surface area contributed by atoms with Crippen LogP contribution in [0.25, 0.3) is 27.6 Å². The number of aromatic hydroxyl groups is 1. The van der Waals surface area contributed by atoms with Gasteiger partial charge in [-0.3, -0.25) is 13.9 Å². The highest BCUT2D eigenvalue weighted by Gasteiger charge is 2.19. The standard InChI is InChI=1S/C20H21N5O3/c1-9-10(2)12(4)18(26)17(11(9)3)25-21-14-7-13-16(8-15(14)22-25)23(5)20(28)24(6)19(13)27/h7-8,26H,1-6H3. The van der Waals surface area contributed by atoms with Crippen molar-refractivity contribution in [3.8, 4) is 11.4 Å². The first-order valence-electron chi connectivity index (χ1n) is 8.90. The summed E-state index contributed by atoms with van der Waals surface area (Å²) in [5.74, 6) is 0.133. The molecule has 2 aromatic carbocycles. The fourth-order valence-electron chi connectivity index (χ4n) is 3.61. The van der Waals surface area contributed by atoms with Crippen LogP contribution in [-0.4, -0.2) is 29.2 Å². The Kier molecular flexibility index (Phi) is 3.71. The Morgan fingerprint density at radius 1 is 0.821 bits per heavy atom. The van der Waals surface area contributed by atoms with Crippen LogP contribution in [0, 0.1) is 27.7 Å². The number of phenolic OH excluding ortho intramolecular Hbond substituents is 1. The molecule has 144 valence electrons. The van der Waals surface area contributed by atoms with E-state index in [4.69, 9.17) is 0 Å². The van der Waals surface area contributed by atoms with Crippen LogP contribution in [-0.2, 0) is 14.1 Å². The maximum absolute atomic E-state index is 12.5. The van der Waals surface area contributed by atoms with Crippen LogP contribution in [0.5, 0.6) is 5.75 Å². The molecule has 0 amide bonds. The first-order chi connectivity index (χ1) is 13.1. The number of benzene rings is 2. The van der Waals surface area contributed by atoms with Crippen LogP contribution in [0.15, 0.2) is 21.7 Å². The van der Waals surface area contributed by atoms with E-state index in [0.717, 1.165) is 26.8 Å². The zero-order valence-corrected chi connectivity index (χ0v) is 16.7. The fourth-order valence-corrected chi connectivity index (χ4v) is 3.61. The van der Waals surface area contributed by atoms with Crippen LogP contribution < -0.4 is 11.2 Å². The van der Waals surface area contributed by atoms with E-state index in [0.29, 0.717) is 27.6 Å². The van der Waals surface area contributed by atoms with E-state index in [2.05, 4.69) is 10.2 Å². The third-order valence-electron chi connectivity index (χ3n) is 5.79. The average molecular weight is 379 g/mol. The summed E-state index contributed by atoms with van der Waals surface area (Å²) in [7, 11) is 3.06. The van der Waals surface area contributed by atoms with Crippen molar-refractivity contribution in [3.63, 3.8) is 0 Å². The lowest BCUT2D eigenvalue weighted by molar-refractivity contribution is 0.462. The first kappa shape index (κ1) is 18.0. The lowest BCUT2D eigenvalue weighted by Gasteiger charge is -2.15. The highest BCUT2D eigenvalue weighted by Crippen LogP contribution is 2.34. The monoisotopic (exact) mass is 379 g/mol. The maximum atomic E-state index is 12.5. The van der Waals surface area contributed by atoms with Crippen molar-refractivity contribution in [1.82, 2.24) is 24.1 Å². The van der Waals surface area contributed by atoms with Crippen molar-refractivity contribution in [2.75, 3.05) is 0 Å². The molecule has 0 saturated carbocycles. The van der Waals surface area contributed by atoms with E-state index >= 15 is 0 Å². The van der Waals surface area contributed by atoms with Gasteiger partial charge in [-0.1, -0.05) is 0 Å². The predicted molar refractivity (Wildman–Crippen MR) is 107 cm³/mol. The normalized spacial score (nSPS) is 11.6. The Bertz CT molecular complexity index is 1390. The Hall–Kier alpha value is -3.42. The van der Waals surface area contributed by atoms with E-state index in [1.54, 1.807) is 19.2 Å². The van der Waals surface area contributed by atoms with Crippen LogP contribution in [0.1, 0.15) is 22.3 Å². The summed E-state index contributed by atoms with van der Waals surface area (Å²) in [4.78, 5) is 26.1. The van der Waals surface area contributed by atoms with Crippen molar-refractivity contribution >= 4 is 21.9 Å². The molecule has 0 aliphatic rings. The number of phenols is 1. The second-order valence-electron chi connectivity index (χ2n) is 7.25. The van der Waals surface area contributed by atoms with Crippen LogP contribution >= 0.6 is 0 Å². The molecule has 4 rings (SSSR count). The molecule has 0 aliphatic carbocycles. The number of hydrogen-bond donors (Lipinski definition) is 1. The van der Waals surface area contributed by atoms with Crippen molar-refractivity contribution in [2.24, 2.45) is 14.1 Å². The van der Waals surface area contributed by atoms with Gasteiger partial charge in [0.1, 0.15) is 22.5 Å². The number of aryl methyl sites for hydroxylation is 1. The Morgan fingerprint density at radius 2 is 1.39 bits per heavy atom. The third-order valence-corrected chi connectivity index (χ3v) is 5.79. The zero-order valence-electron chi connectivity index (χ0n) is 16.7. The molecule has 4 aromatic rings. The lowest BCUT2D eigenvalue weighted by atomic mass is 9.97. The first-order valence-corrected chi connectivity index (χ1v) is 8.90. The molecule has 0 spiro atoms. The molecule has 0 unspecified atom stereocenters. The summed E-state index contributed by atoms with van der Waals surface area (Å²) in [5.41, 5.74) is 5.02. The van der Waals surface area contributed by atoms with Gasteiger partial charge in [-0.25, -0.2) is 4.79 Å². The topological polar surface area (TPSA) is 94.9 Å². The van der Waals surface area contributed by atoms with E-state index < -0.39 is 5.69 Å². The smallest absolute Gasteiger partial charge is 0.330 e. The summed E-state index contributed by atoms with van der Waals surface area (Å²) < 4.78 is 2.49. The Balaban J connectivity index is 2.09. The van der Waals surface area contributed by atoms with Gasteiger partial charge in [0, 0.05) is 14.1 Å². The third kappa shape index (κ3) is 2.24. The molecule has 2 aromatic heterocycles. The quantitative estimate of drug-likeness (QED) is 0.545. The molecule has 28 heavy (non-hydrogen) atoms. The molecule has 0 fully saturated rings. The Morgan fingerprint density at radius 3 is 2.04 bits per heavy atom. The summed E-state index contributed by atoms with van der Waals surface area (Å²) in [6.07, 6.45) is 0. The molecule has 0 aliphatic heterocycles. The van der Waals surface area contributed by atoms with Crippen LogP contribution in [0.2, 0.25) is 0 Å². The lowest BCUT2D eigenvalue weighted by Crippen LogP contribution is -2.36. The molecule has 0 radical (unpaired) electrons. The molecule has 0 saturated heterocycles. The van der Waals surface area contributed by atoms with Gasteiger partial charge in [-0.15, -0.1) is 15.0 Å². The average Bonchev–Trinajstić information content (AvgIpc) is 3.09. The molecular weight excluding hydrogens is 358 g/mol. The highest BCUT2D eigenvalue weighted by molar-refractivity contribution is 5.92. The van der Waals surface area contributed by atoms with Gasteiger partial charge in [0.25, 0.3) is 5.56 Å². The molecule has 8 heteroatoms. The summed E-state index contributed by atoms with van der Waals surface area (Å²) in [6, 6.07) is 3.31. The van der Waals surface area contributed by atoms with Crippen molar-refractivity contribution < 1.29 is 5.11 Å².